The number of hydrogen-bond acceptors (Lipinski definition) is 4. The molecule has 2 aliphatic heterocycles. The quantitative estimate of drug-likeness (QED) is 0.724. The lowest BCUT2D eigenvalue weighted by atomic mass is 9.68. The summed E-state index contributed by atoms with van der Waals surface area (Å²) in [5, 5.41) is 14.6. The average Bonchev–Trinajstić information content (AvgIpc) is 3.15. The number of carbonyl (C=O) groups excluding carboxylic acids is 2. The molecule has 2 N–H and O–H groups in total. The first-order valence-corrected chi connectivity index (χ1v) is 12.0. The topological polar surface area (TPSA) is 87.0 Å². The first kappa shape index (κ1) is 23.4. The second-order valence-corrected chi connectivity index (χ2v) is 9.28. The zero-order chi connectivity index (χ0) is 23.8. The number of aliphatic hydroxyl groups is 1. The fraction of sp³-hybridized carbons (Fsp3) is 0.600. The largest absolute Gasteiger partial charge is 0.497 e. The molecule has 1 atom stereocenters. The Morgan fingerprint density at radius 1 is 1.24 bits per heavy atom. The van der Waals surface area contributed by atoms with Gasteiger partial charge in [-0.15, -0.1) is 0 Å². The maximum absolute atomic E-state index is 13.2. The maximum Gasteiger partial charge on any atom is 0.318 e. The molecule has 3 amide bonds. The predicted molar refractivity (Wildman–Crippen MR) is 127 cm³/mol. The van der Waals surface area contributed by atoms with Crippen molar-refractivity contribution in [1.29, 1.82) is 0 Å². The summed E-state index contributed by atoms with van der Waals surface area (Å²) in [5.74, 6) is 0.949. The lowest BCUT2D eigenvalue weighted by molar-refractivity contribution is -0.132. The van der Waals surface area contributed by atoms with Crippen LogP contribution in [0.25, 0.3) is 10.9 Å². The molecule has 0 bridgehead atoms. The van der Waals surface area contributed by atoms with Crippen molar-refractivity contribution in [3.8, 4) is 5.75 Å². The number of urea groups is 1. The molecule has 33 heavy (non-hydrogen) atoms. The van der Waals surface area contributed by atoms with Gasteiger partial charge in [-0.05, 0) is 37.0 Å². The van der Waals surface area contributed by atoms with E-state index in [1.165, 1.54) is 5.56 Å². The third-order valence-corrected chi connectivity index (χ3v) is 7.48. The zero-order valence-electron chi connectivity index (χ0n) is 20.2. The average molecular weight is 457 g/mol. The van der Waals surface area contributed by atoms with Gasteiger partial charge in [0.05, 0.1) is 25.3 Å². The number of amides is 3. The summed E-state index contributed by atoms with van der Waals surface area (Å²) in [5.41, 5.74) is 2.95. The van der Waals surface area contributed by atoms with E-state index in [-0.39, 0.29) is 24.0 Å². The molecule has 1 aromatic carbocycles. The van der Waals surface area contributed by atoms with E-state index in [1.54, 1.807) is 7.11 Å². The SMILES string of the molecule is CCCNC(=O)N1CC2(CCN(C(=O)CC)CC2)c2c(n(C)c3cc(OC)ccc23)[C@@H]1CO. The van der Waals surface area contributed by atoms with Crippen LogP contribution in [-0.2, 0) is 17.3 Å². The van der Waals surface area contributed by atoms with Crippen molar-refractivity contribution in [2.45, 2.75) is 51.0 Å². The first-order valence-electron chi connectivity index (χ1n) is 12.0. The van der Waals surface area contributed by atoms with Crippen molar-refractivity contribution in [3.63, 3.8) is 0 Å². The molecular weight excluding hydrogens is 420 g/mol. The van der Waals surface area contributed by atoms with Crippen molar-refractivity contribution < 1.29 is 19.4 Å². The lowest BCUT2D eigenvalue weighted by Crippen LogP contribution is -2.57. The van der Waals surface area contributed by atoms with Crippen LogP contribution in [0.3, 0.4) is 0 Å². The summed E-state index contributed by atoms with van der Waals surface area (Å²) in [6.45, 7) is 6.25. The molecular formula is C25H36N4O4. The fourth-order valence-electron chi connectivity index (χ4n) is 5.72. The van der Waals surface area contributed by atoms with Gasteiger partial charge in [-0.25, -0.2) is 4.79 Å². The Labute approximate surface area is 195 Å². The van der Waals surface area contributed by atoms with Crippen LogP contribution in [0.2, 0.25) is 0 Å². The number of likely N-dealkylation sites (tertiary alicyclic amines) is 1. The first-order chi connectivity index (χ1) is 15.9. The molecule has 8 nitrogen and oxygen atoms in total. The molecule has 0 aliphatic carbocycles. The Morgan fingerprint density at radius 3 is 2.58 bits per heavy atom. The minimum Gasteiger partial charge on any atom is -0.497 e. The van der Waals surface area contributed by atoms with Crippen molar-refractivity contribution in [2.24, 2.45) is 7.05 Å². The van der Waals surface area contributed by atoms with E-state index in [2.05, 4.69) is 16.0 Å². The minimum absolute atomic E-state index is 0.143. The van der Waals surface area contributed by atoms with Gasteiger partial charge in [-0.3, -0.25) is 4.79 Å². The van der Waals surface area contributed by atoms with Crippen molar-refractivity contribution in [2.75, 3.05) is 39.9 Å². The number of nitrogens with one attached hydrogen (secondary N) is 1. The van der Waals surface area contributed by atoms with Crippen LogP contribution in [0.5, 0.6) is 5.75 Å². The molecule has 0 unspecified atom stereocenters. The van der Waals surface area contributed by atoms with Crippen LogP contribution >= 0.6 is 0 Å². The lowest BCUT2D eigenvalue weighted by Gasteiger charge is -2.50. The maximum atomic E-state index is 13.2. The van der Waals surface area contributed by atoms with Gasteiger partial charge in [-0.2, -0.15) is 0 Å². The molecule has 8 heteroatoms. The number of carbonyl (C=O) groups is 2. The molecule has 0 saturated carbocycles. The number of ether oxygens (including phenoxy) is 1. The smallest absolute Gasteiger partial charge is 0.318 e. The summed E-state index contributed by atoms with van der Waals surface area (Å²) < 4.78 is 7.58. The van der Waals surface area contributed by atoms with Gasteiger partial charge < -0.3 is 29.5 Å². The Bertz CT molecular complexity index is 1040. The van der Waals surface area contributed by atoms with Crippen molar-refractivity contribution in [3.05, 3.63) is 29.5 Å². The van der Waals surface area contributed by atoms with E-state index < -0.39 is 6.04 Å². The number of aryl methyl sites for hydroxylation is 1. The molecule has 4 rings (SSSR count). The molecule has 0 radical (unpaired) electrons. The van der Waals surface area contributed by atoms with E-state index in [1.807, 2.05) is 42.8 Å². The highest BCUT2D eigenvalue weighted by Crippen LogP contribution is 2.50. The monoisotopic (exact) mass is 456 g/mol. The van der Waals surface area contributed by atoms with E-state index in [0.29, 0.717) is 32.6 Å². The molecule has 1 spiro atoms. The Morgan fingerprint density at radius 2 is 1.97 bits per heavy atom. The summed E-state index contributed by atoms with van der Waals surface area (Å²) in [6, 6.07) is 5.52. The van der Waals surface area contributed by atoms with Gasteiger partial charge in [0, 0.05) is 62.2 Å². The number of aromatic nitrogens is 1. The third-order valence-electron chi connectivity index (χ3n) is 7.48. The molecule has 1 saturated heterocycles. The van der Waals surface area contributed by atoms with Crippen LogP contribution in [0.4, 0.5) is 4.79 Å². The van der Waals surface area contributed by atoms with E-state index >= 15 is 0 Å². The number of hydrogen-bond donors (Lipinski definition) is 2. The van der Waals surface area contributed by atoms with E-state index in [4.69, 9.17) is 4.74 Å². The number of aliphatic hydroxyl groups excluding tert-OH is 1. The summed E-state index contributed by atoms with van der Waals surface area (Å²) in [4.78, 5) is 29.3. The Balaban J connectivity index is 1.86. The molecule has 1 aromatic heterocycles. The normalized spacial score (nSPS) is 19.6. The van der Waals surface area contributed by atoms with Crippen LogP contribution < -0.4 is 10.1 Å². The number of fused-ring (bicyclic) bond motifs is 4. The molecule has 180 valence electrons. The minimum atomic E-state index is -0.429. The van der Waals surface area contributed by atoms with E-state index in [9.17, 15) is 14.7 Å². The van der Waals surface area contributed by atoms with Gasteiger partial charge in [0.2, 0.25) is 5.91 Å². The zero-order valence-corrected chi connectivity index (χ0v) is 20.2. The summed E-state index contributed by atoms with van der Waals surface area (Å²) in [7, 11) is 3.66. The van der Waals surface area contributed by atoms with Crippen LogP contribution in [0.1, 0.15) is 56.8 Å². The highest BCUT2D eigenvalue weighted by molar-refractivity contribution is 5.89. The number of rotatable bonds is 5. The Kier molecular flexibility index (Phi) is 6.56. The second kappa shape index (κ2) is 9.25. The number of piperidine rings is 1. The Hall–Kier alpha value is -2.74. The van der Waals surface area contributed by atoms with Crippen LogP contribution in [0, 0.1) is 0 Å². The van der Waals surface area contributed by atoms with E-state index in [0.717, 1.165) is 41.6 Å². The van der Waals surface area contributed by atoms with Crippen LogP contribution in [-0.4, -0.2) is 71.3 Å². The fourth-order valence-corrected chi connectivity index (χ4v) is 5.72. The molecule has 2 aliphatic rings. The standard InChI is InChI=1S/C25H36N4O4/c1-5-11-26-24(32)29-16-25(9-12-28(13-10-25)21(31)6-2)22-18-8-7-17(33-4)14-19(18)27(3)23(22)20(29)15-30/h7-8,14,20,30H,5-6,9-13,15-16H2,1-4H3,(H,26,32)/t20-/m0/s1. The second-order valence-electron chi connectivity index (χ2n) is 9.28. The summed E-state index contributed by atoms with van der Waals surface area (Å²) in [6.07, 6.45) is 2.92. The van der Waals surface area contributed by atoms with Gasteiger partial charge in [0.1, 0.15) is 5.75 Å². The van der Waals surface area contributed by atoms with Crippen LogP contribution in [0.15, 0.2) is 18.2 Å². The summed E-state index contributed by atoms with van der Waals surface area (Å²) >= 11 is 0. The van der Waals surface area contributed by atoms with Crippen molar-refractivity contribution >= 4 is 22.8 Å². The number of methoxy groups -OCH3 is 1. The van der Waals surface area contributed by atoms with Gasteiger partial charge >= 0.3 is 6.03 Å². The number of benzene rings is 1. The predicted octanol–water partition coefficient (Wildman–Crippen LogP) is 2.93. The molecule has 1 fully saturated rings. The van der Waals surface area contributed by atoms with Crippen molar-refractivity contribution in [1.82, 2.24) is 19.7 Å². The van der Waals surface area contributed by atoms with Gasteiger partial charge in [0.15, 0.2) is 0 Å². The highest BCUT2D eigenvalue weighted by Gasteiger charge is 2.49. The third kappa shape index (κ3) is 3.84. The van der Waals surface area contributed by atoms with Gasteiger partial charge in [0.25, 0.3) is 0 Å². The van der Waals surface area contributed by atoms with Gasteiger partial charge in [-0.1, -0.05) is 13.8 Å². The highest BCUT2D eigenvalue weighted by atomic mass is 16.5. The molecule has 2 aromatic rings. The molecule has 3 heterocycles. The number of nitrogens with zero attached hydrogens (tertiary/aromatic N) is 3.